The van der Waals surface area contributed by atoms with E-state index in [2.05, 4.69) is 276 Å². The molecule has 0 saturated carbocycles. The lowest BCUT2D eigenvalue weighted by Gasteiger charge is -2.26. The van der Waals surface area contributed by atoms with Crippen molar-refractivity contribution in [2.75, 3.05) is 0 Å². The molecule has 0 atom stereocenters. The smallest absolute Gasteiger partial charge is 0.187 e. The van der Waals surface area contributed by atoms with Crippen LogP contribution in [0.2, 0.25) is 0 Å². The van der Waals surface area contributed by atoms with Crippen LogP contribution in [0, 0.1) is 34.3 Å². The van der Waals surface area contributed by atoms with E-state index in [0.29, 0.717) is 23.2 Å². The molecule has 9 aromatic carbocycles. The first-order valence-electron chi connectivity index (χ1n) is 29.6. The maximum atomic E-state index is 8.06. The highest BCUT2D eigenvalue weighted by Gasteiger charge is 2.28. The number of aryl methyl sites for hydroxylation is 4. The van der Waals surface area contributed by atoms with E-state index in [9.17, 15) is 0 Å². The Kier molecular flexibility index (Phi) is 13.3. The zero-order valence-electron chi connectivity index (χ0n) is 51.8. The van der Waals surface area contributed by atoms with Gasteiger partial charge in [-0.05, 0) is 192 Å². The Morgan fingerprint density at radius 3 is 0.988 bits per heavy atom. The van der Waals surface area contributed by atoms with Gasteiger partial charge in [-0.3, -0.25) is 0 Å². The molecule has 3 heterocycles. The van der Waals surface area contributed by atoms with Gasteiger partial charge in [0.05, 0.1) is 40.0 Å². The molecule has 12 rings (SSSR count). The molecular weight excluding hydrogens is 1020 g/mol. The molecule has 0 aliphatic rings. The molecular formula is C78H76N6. The molecule has 0 N–H and O–H groups in total. The van der Waals surface area contributed by atoms with E-state index in [1.165, 1.54) is 66.1 Å². The minimum Gasteiger partial charge on any atom is -0.309 e. The molecule has 0 aliphatic heterocycles. The summed E-state index contributed by atoms with van der Waals surface area (Å²) in [5, 5.41) is 4.81. The number of benzene rings is 9. The van der Waals surface area contributed by atoms with E-state index < -0.39 is 0 Å². The molecule has 6 nitrogen and oxygen atoms in total. The van der Waals surface area contributed by atoms with Gasteiger partial charge >= 0.3 is 0 Å². The minimum atomic E-state index is -0.135. The van der Waals surface area contributed by atoms with Crippen LogP contribution in [-0.4, -0.2) is 24.1 Å². The molecule has 0 aliphatic carbocycles. The van der Waals surface area contributed by atoms with Crippen LogP contribution in [-0.2, 0) is 21.7 Å². The Morgan fingerprint density at radius 1 is 0.321 bits per heavy atom. The van der Waals surface area contributed by atoms with Crippen LogP contribution >= 0.6 is 0 Å². The zero-order chi connectivity index (χ0) is 59.5. The highest BCUT2D eigenvalue weighted by molar-refractivity contribution is 6.12. The summed E-state index contributed by atoms with van der Waals surface area (Å²) >= 11 is 0. The molecule has 0 fully saturated rings. The first kappa shape index (κ1) is 55.6. The number of hydrogen-bond donors (Lipinski definition) is 0. The van der Waals surface area contributed by atoms with Gasteiger partial charge in [0.25, 0.3) is 0 Å². The van der Waals surface area contributed by atoms with Crippen molar-refractivity contribution in [3.05, 3.63) is 226 Å². The van der Waals surface area contributed by atoms with Crippen molar-refractivity contribution >= 4 is 49.3 Å². The zero-order valence-corrected chi connectivity index (χ0v) is 51.8. The van der Waals surface area contributed by atoms with Gasteiger partial charge < -0.3 is 9.13 Å². The second-order valence-electron chi connectivity index (χ2n) is 27.8. The molecule has 0 spiro atoms. The second kappa shape index (κ2) is 20.2. The molecule has 418 valence electrons. The van der Waals surface area contributed by atoms with Crippen molar-refractivity contribution < 1.29 is 0 Å². The number of hydrogen-bond acceptors (Lipinski definition) is 3. The molecule has 0 unspecified atom stereocenters. The van der Waals surface area contributed by atoms with Crippen LogP contribution in [0.5, 0.6) is 0 Å². The summed E-state index contributed by atoms with van der Waals surface area (Å²) in [7, 11) is 0. The lowest BCUT2D eigenvalue weighted by molar-refractivity contribution is 0.568. The Hall–Kier alpha value is -8.92. The Labute approximate surface area is 496 Å². The average Bonchev–Trinajstić information content (AvgIpc) is 2.12. The molecule has 84 heavy (non-hydrogen) atoms. The standard InChI is InChI=1S/C78H76N6/c1-46-21-27-66-60(33-46)61-34-47(2)22-28-67(61)83(66)70-31-25-51(50-19-18-20-59(41-50)79-17)42-64(70)65-43-52(26-32-71(65)84-68-29-23-48(3)35-62(68)63-36-49(4)24-30-69(63)84)72-80-73(53-37-55(75(5,6)7)44-56(38-53)76(8,9)10)82-74(81-72)54-39-57(77(11,12)13)45-58(40-54)78(14,15)16/h18-45H,1-16H3. The van der Waals surface area contributed by atoms with Crippen LogP contribution in [0.3, 0.4) is 0 Å². The number of nitrogens with zero attached hydrogens (tertiary/aromatic N) is 6. The van der Waals surface area contributed by atoms with Crippen LogP contribution in [0.25, 0.3) is 116 Å². The van der Waals surface area contributed by atoms with Gasteiger partial charge in [0.15, 0.2) is 23.2 Å². The quantitative estimate of drug-likeness (QED) is 0.149. The first-order valence-corrected chi connectivity index (χ1v) is 29.6. The molecule has 0 amide bonds. The van der Waals surface area contributed by atoms with Crippen molar-refractivity contribution in [1.82, 2.24) is 24.1 Å². The maximum absolute atomic E-state index is 8.06. The number of aromatic nitrogens is 5. The van der Waals surface area contributed by atoms with Crippen molar-refractivity contribution in [2.45, 2.75) is 132 Å². The van der Waals surface area contributed by atoms with Gasteiger partial charge in [-0.25, -0.2) is 19.8 Å². The summed E-state index contributed by atoms with van der Waals surface area (Å²) in [6, 6.07) is 62.9. The summed E-state index contributed by atoms with van der Waals surface area (Å²) in [5.41, 5.74) is 23.1. The molecule has 3 aromatic heterocycles. The topological polar surface area (TPSA) is 52.9 Å². The van der Waals surface area contributed by atoms with Crippen LogP contribution in [0.1, 0.15) is 128 Å². The molecule has 6 heteroatoms. The van der Waals surface area contributed by atoms with E-state index >= 15 is 0 Å². The Morgan fingerprint density at radius 2 is 0.643 bits per heavy atom. The Bertz CT molecular complexity index is 4420. The van der Waals surface area contributed by atoms with Gasteiger partial charge in [0, 0.05) is 49.4 Å². The number of fused-ring (bicyclic) bond motifs is 6. The predicted molar refractivity (Wildman–Crippen MR) is 356 cm³/mol. The largest absolute Gasteiger partial charge is 0.309 e. The van der Waals surface area contributed by atoms with Crippen molar-refractivity contribution in [1.29, 1.82) is 0 Å². The van der Waals surface area contributed by atoms with Gasteiger partial charge in [-0.15, -0.1) is 0 Å². The van der Waals surface area contributed by atoms with Crippen molar-refractivity contribution in [2.24, 2.45) is 0 Å². The highest BCUT2D eigenvalue weighted by atomic mass is 15.0. The van der Waals surface area contributed by atoms with E-state index in [0.717, 1.165) is 72.4 Å². The highest BCUT2D eigenvalue weighted by Crippen LogP contribution is 2.45. The van der Waals surface area contributed by atoms with E-state index in [1.807, 2.05) is 18.2 Å². The fraction of sp³-hybridized carbons (Fsp3) is 0.256. The van der Waals surface area contributed by atoms with Crippen molar-refractivity contribution in [3.8, 4) is 67.8 Å². The van der Waals surface area contributed by atoms with E-state index in [-0.39, 0.29) is 21.7 Å². The molecule has 0 radical (unpaired) electrons. The van der Waals surface area contributed by atoms with E-state index in [4.69, 9.17) is 21.5 Å². The lowest BCUT2D eigenvalue weighted by atomic mass is 9.79. The molecule has 0 bridgehead atoms. The summed E-state index contributed by atoms with van der Waals surface area (Å²) in [4.78, 5) is 20.7. The maximum Gasteiger partial charge on any atom is 0.187 e. The molecule has 12 aromatic rings. The monoisotopic (exact) mass is 1100 g/mol. The third-order valence-electron chi connectivity index (χ3n) is 17.0. The molecule has 0 saturated heterocycles. The summed E-state index contributed by atoms with van der Waals surface area (Å²) < 4.78 is 4.91. The fourth-order valence-corrected chi connectivity index (χ4v) is 12.0. The Balaban J connectivity index is 1.23. The van der Waals surface area contributed by atoms with Crippen LogP contribution < -0.4 is 0 Å². The second-order valence-corrected chi connectivity index (χ2v) is 27.8. The number of rotatable bonds is 7. The third kappa shape index (κ3) is 10.2. The average molecular weight is 1100 g/mol. The van der Waals surface area contributed by atoms with Crippen LogP contribution in [0.15, 0.2) is 170 Å². The summed E-state index contributed by atoms with van der Waals surface area (Å²) in [6.07, 6.45) is 0. The lowest BCUT2D eigenvalue weighted by Crippen LogP contribution is -2.17. The predicted octanol–water partition coefficient (Wildman–Crippen LogP) is 21.4. The third-order valence-corrected chi connectivity index (χ3v) is 17.0. The van der Waals surface area contributed by atoms with Gasteiger partial charge in [0.2, 0.25) is 0 Å². The summed E-state index contributed by atoms with van der Waals surface area (Å²) in [5.74, 6) is 1.84. The minimum absolute atomic E-state index is 0.135. The van der Waals surface area contributed by atoms with Gasteiger partial charge in [0.1, 0.15) is 0 Å². The van der Waals surface area contributed by atoms with Crippen LogP contribution in [0.4, 0.5) is 5.69 Å². The first-order chi connectivity index (χ1) is 39.7. The van der Waals surface area contributed by atoms with E-state index in [1.54, 1.807) is 0 Å². The normalized spacial score (nSPS) is 12.5. The fourth-order valence-electron chi connectivity index (χ4n) is 12.0. The summed E-state index contributed by atoms with van der Waals surface area (Å²) in [6.45, 7) is 44.1. The van der Waals surface area contributed by atoms with Gasteiger partial charge in [-0.2, -0.15) is 0 Å². The van der Waals surface area contributed by atoms with Gasteiger partial charge in [-0.1, -0.05) is 166 Å². The van der Waals surface area contributed by atoms with Crippen molar-refractivity contribution in [3.63, 3.8) is 0 Å². The SMILES string of the molecule is [C-]#[N+]c1cccc(-c2ccc(-n3c4ccc(C)cc4c4cc(C)ccc43)c(-c3cc(-c4nc(-c5cc(C(C)(C)C)cc(C(C)(C)C)c5)nc(-c5cc(C(C)(C)C)cc(C(C)(C)C)c5)n4)ccc3-n3c4ccc(C)cc4c4cc(C)ccc43)c2)c1.